The lowest BCUT2D eigenvalue weighted by atomic mass is 9.96. The molecule has 102 valence electrons. The van der Waals surface area contributed by atoms with Crippen LogP contribution in [0.5, 0.6) is 0 Å². The molecule has 0 aliphatic rings. The maximum absolute atomic E-state index is 14.1. The van der Waals surface area contributed by atoms with Crippen LogP contribution in [0.15, 0.2) is 12.1 Å². The Labute approximate surface area is 107 Å². The second-order valence-corrected chi connectivity index (χ2v) is 4.31. The van der Waals surface area contributed by atoms with E-state index in [2.05, 4.69) is 5.32 Å². The van der Waals surface area contributed by atoms with Crippen molar-refractivity contribution in [2.24, 2.45) is 0 Å². The molecule has 0 aliphatic heterocycles. The Hall–Kier alpha value is -1.00. The number of nitrogens with one attached hydrogen (secondary N) is 1. The number of hydrogen-bond acceptors (Lipinski definition) is 2. The highest BCUT2D eigenvalue weighted by molar-refractivity contribution is 5.30. The molecule has 1 rings (SSSR count). The minimum Gasteiger partial charge on any atom is -0.379 e. The Balaban J connectivity index is 3.24. The summed E-state index contributed by atoms with van der Waals surface area (Å²) < 4.78 is 33.4. The van der Waals surface area contributed by atoms with Crippen LogP contribution in [0, 0.1) is 18.6 Å². The van der Waals surface area contributed by atoms with Gasteiger partial charge in [0.25, 0.3) is 0 Å². The van der Waals surface area contributed by atoms with Crippen molar-refractivity contribution in [2.45, 2.75) is 39.3 Å². The third-order valence-corrected chi connectivity index (χ3v) is 3.13. The van der Waals surface area contributed by atoms with Crippen LogP contribution in [0.3, 0.4) is 0 Å². The van der Waals surface area contributed by atoms with Gasteiger partial charge in [-0.15, -0.1) is 0 Å². The largest absolute Gasteiger partial charge is 0.379 e. The fraction of sp³-hybridized carbons (Fsp3) is 0.571. The number of hydrogen-bond donors (Lipinski definition) is 1. The van der Waals surface area contributed by atoms with Crippen molar-refractivity contribution in [3.05, 3.63) is 34.9 Å². The van der Waals surface area contributed by atoms with E-state index in [0.717, 1.165) is 0 Å². The van der Waals surface area contributed by atoms with Crippen LogP contribution >= 0.6 is 0 Å². The van der Waals surface area contributed by atoms with Gasteiger partial charge in [0.15, 0.2) is 0 Å². The van der Waals surface area contributed by atoms with E-state index in [4.69, 9.17) is 4.74 Å². The normalized spacial score (nSPS) is 14.6. The predicted octanol–water partition coefficient (Wildman–Crippen LogP) is 3.35. The van der Waals surface area contributed by atoms with Crippen LogP contribution in [0.4, 0.5) is 8.78 Å². The van der Waals surface area contributed by atoms with Crippen LogP contribution in [0.1, 0.15) is 37.4 Å². The molecule has 0 spiro atoms. The minimum absolute atomic E-state index is 0.0746. The molecule has 2 unspecified atom stereocenters. The molecule has 2 nitrogen and oxygen atoms in total. The van der Waals surface area contributed by atoms with E-state index in [1.54, 1.807) is 14.0 Å². The standard InChI is InChI=1S/C14H21F2NO/c1-5-11(18-4)14(17-6-2)12-10(15)8-7-9(3)13(12)16/h7-8,11,14,17H,5-6H2,1-4H3. The van der Waals surface area contributed by atoms with Gasteiger partial charge in [-0.05, 0) is 31.5 Å². The van der Waals surface area contributed by atoms with Crippen molar-refractivity contribution in [1.29, 1.82) is 0 Å². The number of halogens is 2. The smallest absolute Gasteiger partial charge is 0.133 e. The number of methoxy groups -OCH3 is 1. The van der Waals surface area contributed by atoms with Gasteiger partial charge < -0.3 is 10.1 Å². The van der Waals surface area contributed by atoms with Crippen molar-refractivity contribution in [3.8, 4) is 0 Å². The summed E-state index contributed by atoms with van der Waals surface area (Å²) in [7, 11) is 1.56. The van der Waals surface area contributed by atoms with Crippen LogP contribution < -0.4 is 5.32 Å². The first kappa shape index (κ1) is 15.1. The maximum Gasteiger partial charge on any atom is 0.133 e. The van der Waals surface area contributed by atoms with Crippen molar-refractivity contribution in [2.75, 3.05) is 13.7 Å². The summed E-state index contributed by atoms with van der Waals surface area (Å²) in [6.07, 6.45) is 0.428. The summed E-state index contributed by atoms with van der Waals surface area (Å²) in [5, 5.41) is 3.10. The van der Waals surface area contributed by atoms with Gasteiger partial charge in [0.2, 0.25) is 0 Å². The maximum atomic E-state index is 14.1. The summed E-state index contributed by atoms with van der Waals surface area (Å²) in [6.45, 7) is 6.09. The fourth-order valence-corrected chi connectivity index (χ4v) is 2.14. The zero-order chi connectivity index (χ0) is 13.7. The van der Waals surface area contributed by atoms with E-state index in [0.29, 0.717) is 18.5 Å². The lowest BCUT2D eigenvalue weighted by Crippen LogP contribution is -2.34. The molecule has 0 heterocycles. The Morgan fingerprint density at radius 1 is 1.28 bits per heavy atom. The lowest BCUT2D eigenvalue weighted by Gasteiger charge is -2.27. The highest BCUT2D eigenvalue weighted by Gasteiger charge is 2.27. The van der Waals surface area contributed by atoms with Crippen molar-refractivity contribution in [3.63, 3.8) is 0 Å². The predicted molar refractivity (Wildman–Crippen MR) is 68.6 cm³/mol. The number of benzene rings is 1. The second kappa shape index (κ2) is 6.81. The van der Waals surface area contributed by atoms with Gasteiger partial charge in [-0.3, -0.25) is 0 Å². The Morgan fingerprint density at radius 2 is 1.94 bits per heavy atom. The van der Waals surface area contributed by atoms with E-state index in [9.17, 15) is 8.78 Å². The van der Waals surface area contributed by atoms with E-state index in [1.165, 1.54) is 12.1 Å². The molecule has 0 fully saturated rings. The van der Waals surface area contributed by atoms with Gasteiger partial charge in [-0.1, -0.05) is 19.9 Å². The molecule has 4 heteroatoms. The van der Waals surface area contributed by atoms with Gasteiger partial charge in [-0.2, -0.15) is 0 Å². The molecule has 0 radical (unpaired) electrons. The van der Waals surface area contributed by atoms with Gasteiger partial charge >= 0.3 is 0 Å². The number of likely N-dealkylation sites (N-methyl/N-ethyl adjacent to an activating group) is 1. The lowest BCUT2D eigenvalue weighted by molar-refractivity contribution is 0.0631. The molecule has 2 atom stereocenters. The molecular weight excluding hydrogens is 236 g/mol. The summed E-state index contributed by atoms with van der Waals surface area (Å²) in [6, 6.07) is 2.29. The van der Waals surface area contributed by atoms with Gasteiger partial charge in [-0.25, -0.2) is 8.78 Å². The molecule has 0 saturated carbocycles. The van der Waals surface area contributed by atoms with E-state index < -0.39 is 17.7 Å². The number of ether oxygens (including phenoxy) is 1. The highest BCUT2D eigenvalue weighted by atomic mass is 19.1. The number of aryl methyl sites for hydroxylation is 1. The Kier molecular flexibility index (Phi) is 5.69. The first-order valence-corrected chi connectivity index (χ1v) is 6.27. The van der Waals surface area contributed by atoms with Crippen LogP contribution in [0.2, 0.25) is 0 Å². The average molecular weight is 257 g/mol. The zero-order valence-electron chi connectivity index (χ0n) is 11.4. The summed E-state index contributed by atoms with van der Waals surface area (Å²) in [4.78, 5) is 0. The average Bonchev–Trinajstić information content (AvgIpc) is 2.36. The van der Waals surface area contributed by atoms with E-state index in [-0.39, 0.29) is 11.7 Å². The zero-order valence-corrected chi connectivity index (χ0v) is 11.4. The van der Waals surface area contributed by atoms with Crippen LogP contribution in [-0.4, -0.2) is 19.8 Å². The molecule has 0 aliphatic carbocycles. The molecular formula is C14H21F2NO. The minimum atomic E-state index is -0.528. The summed E-state index contributed by atoms with van der Waals surface area (Å²) in [5.74, 6) is -1.02. The van der Waals surface area contributed by atoms with Crippen molar-refractivity contribution >= 4 is 0 Å². The fourth-order valence-electron chi connectivity index (χ4n) is 2.14. The molecule has 0 bridgehead atoms. The van der Waals surface area contributed by atoms with Gasteiger partial charge in [0, 0.05) is 12.7 Å². The third kappa shape index (κ3) is 3.06. The van der Waals surface area contributed by atoms with E-state index in [1.807, 2.05) is 13.8 Å². The second-order valence-electron chi connectivity index (χ2n) is 4.31. The monoisotopic (exact) mass is 257 g/mol. The topological polar surface area (TPSA) is 21.3 Å². The Bertz CT molecular complexity index is 392. The Morgan fingerprint density at radius 3 is 2.44 bits per heavy atom. The first-order chi connectivity index (χ1) is 8.56. The molecule has 0 amide bonds. The van der Waals surface area contributed by atoms with E-state index >= 15 is 0 Å². The van der Waals surface area contributed by atoms with Crippen molar-refractivity contribution < 1.29 is 13.5 Å². The molecule has 1 aromatic rings. The molecule has 1 aromatic carbocycles. The van der Waals surface area contributed by atoms with Gasteiger partial charge in [0.05, 0.1) is 12.1 Å². The number of rotatable bonds is 6. The third-order valence-electron chi connectivity index (χ3n) is 3.13. The molecule has 1 N–H and O–H groups in total. The molecule has 0 aromatic heterocycles. The van der Waals surface area contributed by atoms with Crippen LogP contribution in [0.25, 0.3) is 0 Å². The molecule has 18 heavy (non-hydrogen) atoms. The van der Waals surface area contributed by atoms with Crippen molar-refractivity contribution in [1.82, 2.24) is 5.32 Å². The summed E-state index contributed by atoms with van der Waals surface area (Å²) in [5.41, 5.74) is 0.519. The van der Waals surface area contributed by atoms with Gasteiger partial charge in [0.1, 0.15) is 11.6 Å². The highest BCUT2D eigenvalue weighted by Crippen LogP contribution is 2.28. The quantitative estimate of drug-likeness (QED) is 0.844. The summed E-state index contributed by atoms with van der Waals surface area (Å²) >= 11 is 0. The van der Waals surface area contributed by atoms with Crippen LogP contribution in [-0.2, 0) is 4.74 Å². The SMILES string of the molecule is CCNC(c1c(F)ccc(C)c1F)C(CC)OC. The molecule has 0 saturated heterocycles. The first-order valence-electron chi connectivity index (χ1n) is 6.27.